The van der Waals surface area contributed by atoms with Gasteiger partial charge in [-0.1, -0.05) is 30.3 Å². The first-order valence-electron chi connectivity index (χ1n) is 8.01. The van der Waals surface area contributed by atoms with Crippen LogP contribution in [0, 0.1) is 0 Å². The lowest BCUT2D eigenvalue weighted by Gasteiger charge is -2.44. The van der Waals surface area contributed by atoms with Gasteiger partial charge in [-0.05, 0) is 50.8 Å². The van der Waals surface area contributed by atoms with E-state index in [1.165, 1.54) is 18.4 Å². The summed E-state index contributed by atoms with van der Waals surface area (Å²) in [5, 5.41) is 13.5. The highest BCUT2D eigenvalue weighted by Crippen LogP contribution is 2.26. The number of likely N-dealkylation sites (tertiary alicyclic amines) is 1. The van der Waals surface area contributed by atoms with E-state index >= 15 is 0 Å². The van der Waals surface area contributed by atoms with E-state index in [0.29, 0.717) is 12.1 Å². The molecule has 20 heavy (non-hydrogen) atoms. The van der Waals surface area contributed by atoms with Gasteiger partial charge < -0.3 is 10.4 Å². The van der Waals surface area contributed by atoms with Crippen molar-refractivity contribution in [1.29, 1.82) is 0 Å². The largest absolute Gasteiger partial charge is 0.393 e. The second kappa shape index (κ2) is 6.70. The third kappa shape index (κ3) is 3.40. The molecule has 0 aromatic heterocycles. The lowest BCUT2D eigenvalue weighted by Crippen LogP contribution is -2.53. The highest BCUT2D eigenvalue weighted by Gasteiger charge is 2.32. The molecule has 0 saturated carbocycles. The molecule has 1 aromatic carbocycles. The SMILES string of the molecule is OC1CCN(C2CCNCC2)C(Cc2ccccc2)C1. The molecular weight excluding hydrogens is 248 g/mol. The third-order valence-corrected chi connectivity index (χ3v) is 4.83. The van der Waals surface area contributed by atoms with Crippen LogP contribution in [0.2, 0.25) is 0 Å². The molecule has 2 N–H and O–H groups in total. The molecule has 0 amide bonds. The zero-order valence-corrected chi connectivity index (χ0v) is 12.2. The van der Waals surface area contributed by atoms with Crippen LogP contribution in [0.4, 0.5) is 0 Å². The molecule has 2 fully saturated rings. The van der Waals surface area contributed by atoms with Crippen molar-refractivity contribution < 1.29 is 5.11 Å². The minimum Gasteiger partial charge on any atom is -0.393 e. The van der Waals surface area contributed by atoms with E-state index in [1.54, 1.807) is 0 Å². The molecule has 3 heteroatoms. The van der Waals surface area contributed by atoms with Crippen LogP contribution in [-0.2, 0) is 6.42 Å². The Bertz CT molecular complexity index is 403. The number of hydrogen-bond acceptors (Lipinski definition) is 3. The molecule has 0 bridgehead atoms. The van der Waals surface area contributed by atoms with Crippen LogP contribution < -0.4 is 5.32 Å². The molecule has 2 atom stereocenters. The first-order valence-corrected chi connectivity index (χ1v) is 8.01. The van der Waals surface area contributed by atoms with Gasteiger partial charge in [0.1, 0.15) is 0 Å². The first-order chi connectivity index (χ1) is 9.83. The lowest BCUT2D eigenvalue weighted by atomic mass is 9.90. The summed E-state index contributed by atoms with van der Waals surface area (Å²) in [4.78, 5) is 2.68. The Morgan fingerprint density at radius 3 is 2.60 bits per heavy atom. The van der Waals surface area contributed by atoms with E-state index in [1.807, 2.05) is 0 Å². The molecule has 2 aliphatic rings. The molecule has 0 aliphatic carbocycles. The Kier molecular flexibility index (Phi) is 4.71. The predicted molar refractivity (Wildman–Crippen MR) is 81.8 cm³/mol. The van der Waals surface area contributed by atoms with E-state index in [0.717, 1.165) is 38.9 Å². The first kappa shape index (κ1) is 14.1. The van der Waals surface area contributed by atoms with Crippen molar-refractivity contribution in [3.05, 3.63) is 35.9 Å². The van der Waals surface area contributed by atoms with Gasteiger partial charge in [0.25, 0.3) is 0 Å². The summed E-state index contributed by atoms with van der Waals surface area (Å²) in [6.45, 7) is 3.34. The fourth-order valence-corrected chi connectivity index (χ4v) is 3.75. The van der Waals surface area contributed by atoms with Gasteiger partial charge in [0.2, 0.25) is 0 Å². The molecule has 2 aliphatic heterocycles. The molecule has 2 unspecified atom stereocenters. The van der Waals surface area contributed by atoms with Crippen LogP contribution >= 0.6 is 0 Å². The average molecular weight is 274 g/mol. The van der Waals surface area contributed by atoms with Gasteiger partial charge in [0.15, 0.2) is 0 Å². The predicted octanol–water partition coefficient (Wildman–Crippen LogP) is 1.81. The number of nitrogens with one attached hydrogen (secondary N) is 1. The van der Waals surface area contributed by atoms with Crippen molar-refractivity contribution in [2.45, 2.75) is 50.3 Å². The molecule has 110 valence electrons. The summed E-state index contributed by atoms with van der Waals surface area (Å²) in [5.41, 5.74) is 1.39. The van der Waals surface area contributed by atoms with Crippen molar-refractivity contribution >= 4 is 0 Å². The fraction of sp³-hybridized carbons (Fsp3) is 0.647. The fourth-order valence-electron chi connectivity index (χ4n) is 3.75. The second-order valence-corrected chi connectivity index (χ2v) is 6.24. The zero-order chi connectivity index (χ0) is 13.8. The van der Waals surface area contributed by atoms with Gasteiger partial charge >= 0.3 is 0 Å². The quantitative estimate of drug-likeness (QED) is 0.882. The molecule has 1 aromatic rings. The summed E-state index contributed by atoms with van der Waals surface area (Å²) in [6.07, 6.45) is 5.33. The van der Waals surface area contributed by atoms with Gasteiger partial charge in [-0.15, -0.1) is 0 Å². The standard InChI is InChI=1S/C17H26N2O/c20-17-8-11-19(15-6-9-18-10-7-15)16(13-17)12-14-4-2-1-3-5-14/h1-5,15-18,20H,6-13H2. The van der Waals surface area contributed by atoms with Crippen molar-refractivity contribution in [2.24, 2.45) is 0 Å². The Labute approximate surface area is 122 Å². The minimum absolute atomic E-state index is 0.110. The molecule has 2 saturated heterocycles. The Morgan fingerprint density at radius 2 is 1.85 bits per heavy atom. The smallest absolute Gasteiger partial charge is 0.0567 e. The van der Waals surface area contributed by atoms with Crippen LogP contribution in [0.25, 0.3) is 0 Å². The van der Waals surface area contributed by atoms with E-state index in [-0.39, 0.29) is 6.10 Å². The molecule has 3 rings (SSSR count). The number of rotatable bonds is 3. The van der Waals surface area contributed by atoms with Gasteiger partial charge in [-0.2, -0.15) is 0 Å². The van der Waals surface area contributed by atoms with Gasteiger partial charge in [0.05, 0.1) is 6.10 Å². The van der Waals surface area contributed by atoms with Crippen LogP contribution in [-0.4, -0.2) is 47.8 Å². The van der Waals surface area contributed by atoms with Gasteiger partial charge in [-0.25, -0.2) is 0 Å². The highest BCUT2D eigenvalue weighted by molar-refractivity contribution is 5.16. The van der Waals surface area contributed by atoms with Crippen LogP contribution in [0.15, 0.2) is 30.3 Å². The summed E-state index contributed by atoms with van der Waals surface area (Å²) in [7, 11) is 0. The normalized spacial score (nSPS) is 29.4. The number of hydrogen-bond donors (Lipinski definition) is 2. The van der Waals surface area contributed by atoms with E-state index < -0.39 is 0 Å². The number of aliphatic hydroxyl groups excluding tert-OH is 1. The number of benzene rings is 1. The molecule has 3 nitrogen and oxygen atoms in total. The number of nitrogens with zero attached hydrogens (tertiary/aromatic N) is 1. The molecule has 0 spiro atoms. The number of aliphatic hydroxyl groups is 1. The lowest BCUT2D eigenvalue weighted by molar-refractivity contribution is 0.00935. The monoisotopic (exact) mass is 274 g/mol. The Balaban J connectivity index is 1.69. The number of piperidine rings is 2. The summed E-state index contributed by atoms with van der Waals surface area (Å²) >= 11 is 0. The van der Waals surface area contributed by atoms with E-state index in [4.69, 9.17) is 0 Å². The summed E-state index contributed by atoms with van der Waals surface area (Å²) in [6, 6.07) is 11.9. The molecule has 2 heterocycles. The Morgan fingerprint density at radius 1 is 1.10 bits per heavy atom. The maximum Gasteiger partial charge on any atom is 0.0567 e. The van der Waals surface area contributed by atoms with Crippen LogP contribution in [0.5, 0.6) is 0 Å². The van der Waals surface area contributed by atoms with E-state index in [2.05, 4.69) is 40.5 Å². The van der Waals surface area contributed by atoms with Crippen molar-refractivity contribution in [2.75, 3.05) is 19.6 Å². The molecular formula is C17H26N2O. The maximum atomic E-state index is 10.0. The third-order valence-electron chi connectivity index (χ3n) is 4.83. The Hall–Kier alpha value is -0.900. The zero-order valence-electron chi connectivity index (χ0n) is 12.2. The van der Waals surface area contributed by atoms with Crippen molar-refractivity contribution in [1.82, 2.24) is 10.2 Å². The highest BCUT2D eigenvalue weighted by atomic mass is 16.3. The van der Waals surface area contributed by atoms with Gasteiger partial charge in [0, 0.05) is 18.6 Å². The van der Waals surface area contributed by atoms with Crippen molar-refractivity contribution in [3.8, 4) is 0 Å². The van der Waals surface area contributed by atoms with Crippen LogP contribution in [0.3, 0.4) is 0 Å². The molecule has 0 radical (unpaired) electrons. The van der Waals surface area contributed by atoms with Crippen molar-refractivity contribution in [3.63, 3.8) is 0 Å². The topological polar surface area (TPSA) is 35.5 Å². The minimum atomic E-state index is -0.110. The van der Waals surface area contributed by atoms with Gasteiger partial charge in [-0.3, -0.25) is 4.90 Å². The summed E-state index contributed by atoms with van der Waals surface area (Å²) < 4.78 is 0. The van der Waals surface area contributed by atoms with Crippen LogP contribution in [0.1, 0.15) is 31.2 Å². The average Bonchev–Trinajstić information content (AvgIpc) is 2.49. The van der Waals surface area contributed by atoms with E-state index in [9.17, 15) is 5.11 Å². The maximum absolute atomic E-state index is 10.0. The summed E-state index contributed by atoms with van der Waals surface area (Å²) in [5.74, 6) is 0. The second-order valence-electron chi connectivity index (χ2n) is 6.24.